The Bertz CT molecular complexity index is 847. The quantitative estimate of drug-likeness (QED) is 0.125. The minimum atomic E-state index is -0.566. The minimum Gasteiger partial charge on any atom is -0.391 e. The van der Waals surface area contributed by atoms with Crippen LogP contribution in [-0.4, -0.2) is 57.4 Å². The molecule has 0 aliphatic heterocycles. The average molecular weight is 476 g/mol. The first kappa shape index (κ1) is 22.1. The molecule has 0 spiro atoms. The lowest BCUT2D eigenvalue weighted by Gasteiger charge is -2.06. The van der Waals surface area contributed by atoms with Crippen LogP contribution in [0.5, 0.6) is 0 Å². The van der Waals surface area contributed by atoms with Crippen molar-refractivity contribution in [3.63, 3.8) is 0 Å². The van der Waals surface area contributed by atoms with Gasteiger partial charge in [-0.3, -0.25) is 15.7 Å². The maximum absolute atomic E-state index is 13.3. The number of benzene rings is 1. The number of hydrogen-bond acceptors (Lipinski definition) is 8. The number of aliphatic imine (C=N–C) groups is 2. The zero-order valence-electron chi connectivity index (χ0n) is 14.8. The average Bonchev–Trinajstić information content (AvgIpc) is 3.12. The van der Waals surface area contributed by atoms with Crippen LogP contribution >= 0.6 is 27.7 Å². The molecule has 28 heavy (non-hydrogen) atoms. The SMILES string of the molecule is C[C@H](O)CN=C(N)NCCSc1nonc1C(=Nc1ccc(F)c(Br)c1)NO. The molecule has 13 heteroatoms. The van der Waals surface area contributed by atoms with E-state index in [-0.39, 0.29) is 28.5 Å². The summed E-state index contributed by atoms with van der Waals surface area (Å²) in [6.07, 6.45) is -0.566. The first-order valence-electron chi connectivity index (χ1n) is 8.02. The number of aliphatic hydroxyl groups is 1. The molecule has 2 rings (SSSR count). The summed E-state index contributed by atoms with van der Waals surface area (Å²) in [5, 5.41) is 29.4. The van der Waals surface area contributed by atoms with Crippen LogP contribution in [0.15, 0.2) is 42.3 Å². The van der Waals surface area contributed by atoms with Crippen molar-refractivity contribution in [3.8, 4) is 0 Å². The molecule has 0 unspecified atom stereocenters. The number of aromatic nitrogens is 2. The van der Waals surface area contributed by atoms with E-state index in [0.29, 0.717) is 23.0 Å². The molecular formula is C15H19BrFN7O3S. The van der Waals surface area contributed by atoms with Crippen LogP contribution < -0.4 is 16.5 Å². The number of aliphatic hydroxyl groups excluding tert-OH is 1. The van der Waals surface area contributed by atoms with Gasteiger partial charge in [-0.15, -0.1) is 0 Å². The maximum atomic E-state index is 13.3. The topological polar surface area (TPSA) is 154 Å². The summed E-state index contributed by atoms with van der Waals surface area (Å²) in [5.41, 5.74) is 8.20. The number of nitrogens with two attached hydrogens (primary N) is 1. The third-order valence-electron chi connectivity index (χ3n) is 3.11. The zero-order chi connectivity index (χ0) is 20.5. The molecule has 0 bridgehead atoms. The molecule has 0 aliphatic carbocycles. The highest BCUT2D eigenvalue weighted by Gasteiger charge is 2.17. The predicted molar refractivity (Wildman–Crippen MR) is 106 cm³/mol. The van der Waals surface area contributed by atoms with Gasteiger partial charge < -0.3 is 16.2 Å². The number of thioether (sulfide) groups is 1. The second-order valence-corrected chi connectivity index (χ2v) is 7.38. The third-order valence-corrected chi connectivity index (χ3v) is 4.66. The van der Waals surface area contributed by atoms with E-state index in [0.717, 1.165) is 0 Å². The van der Waals surface area contributed by atoms with Gasteiger partial charge in [-0.1, -0.05) is 11.8 Å². The van der Waals surface area contributed by atoms with Gasteiger partial charge in [0.2, 0.25) is 0 Å². The van der Waals surface area contributed by atoms with Crippen molar-refractivity contribution < 1.29 is 19.3 Å². The van der Waals surface area contributed by atoms with Crippen molar-refractivity contribution >= 4 is 45.2 Å². The Kier molecular flexibility index (Phi) is 8.63. The number of hydrogen-bond donors (Lipinski definition) is 5. The highest BCUT2D eigenvalue weighted by atomic mass is 79.9. The van der Waals surface area contributed by atoms with E-state index in [1.54, 1.807) is 6.92 Å². The van der Waals surface area contributed by atoms with E-state index >= 15 is 0 Å². The van der Waals surface area contributed by atoms with E-state index in [2.05, 4.69) is 41.5 Å². The molecule has 152 valence electrons. The molecule has 0 fully saturated rings. The predicted octanol–water partition coefficient (Wildman–Crippen LogP) is 1.41. The van der Waals surface area contributed by atoms with Crippen LogP contribution in [0, 0.1) is 5.82 Å². The molecule has 10 nitrogen and oxygen atoms in total. The third kappa shape index (κ3) is 6.74. The molecule has 0 aliphatic rings. The largest absolute Gasteiger partial charge is 0.391 e. The maximum Gasteiger partial charge on any atom is 0.188 e. The summed E-state index contributed by atoms with van der Waals surface area (Å²) < 4.78 is 18.3. The van der Waals surface area contributed by atoms with Gasteiger partial charge in [0.05, 0.1) is 22.8 Å². The Morgan fingerprint density at radius 3 is 2.93 bits per heavy atom. The van der Waals surface area contributed by atoms with Gasteiger partial charge in [0, 0.05) is 12.3 Å². The molecule has 6 N–H and O–H groups in total. The molecule has 0 saturated heterocycles. The van der Waals surface area contributed by atoms with Gasteiger partial charge in [-0.2, -0.15) is 0 Å². The van der Waals surface area contributed by atoms with Crippen LogP contribution in [0.1, 0.15) is 12.6 Å². The lowest BCUT2D eigenvalue weighted by molar-refractivity contribution is 0.204. The Morgan fingerprint density at radius 2 is 2.25 bits per heavy atom. The highest BCUT2D eigenvalue weighted by Crippen LogP contribution is 2.24. The minimum absolute atomic E-state index is 0.00627. The fourth-order valence-corrected chi connectivity index (χ4v) is 2.97. The van der Waals surface area contributed by atoms with E-state index in [9.17, 15) is 9.60 Å². The standard InChI is InChI=1S/C15H19BrFN7O3S/c1-8(25)7-20-15(18)19-4-5-28-14-12(23-27-24-14)13(22-26)21-9-2-3-11(17)10(16)6-9/h2-3,6,8,25-26H,4-5,7H2,1H3,(H,21,22)(H3,18,19,20)/t8-/m0/s1. The fraction of sp³-hybridized carbons (Fsp3) is 0.333. The fourth-order valence-electron chi connectivity index (χ4n) is 1.85. The van der Waals surface area contributed by atoms with Crippen molar-refractivity contribution in [2.45, 2.75) is 18.1 Å². The molecule has 2 aromatic rings. The van der Waals surface area contributed by atoms with Gasteiger partial charge in [-0.25, -0.2) is 14.0 Å². The Balaban J connectivity index is 2.00. The number of amidine groups is 1. The van der Waals surface area contributed by atoms with Gasteiger partial charge in [0.25, 0.3) is 0 Å². The molecule has 0 saturated carbocycles. The molecule has 0 radical (unpaired) electrons. The van der Waals surface area contributed by atoms with Crippen molar-refractivity contribution in [2.24, 2.45) is 15.7 Å². The number of halogens is 2. The summed E-state index contributed by atoms with van der Waals surface area (Å²) in [6.45, 7) is 2.30. The number of guanidine groups is 1. The normalized spacial score (nSPS) is 13.5. The molecule has 1 heterocycles. The highest BCUT2D eigenvalue weighted by molar-refractivity contribution is 9.10. The second kappa shape index (κ2) is 10.9. The van der Waals surface area contributed by atoms with Crippen LogP contribution in [0.4, 0.5) is 10.1 Å². The van der Waals surface area contributed by atoms with E-state index in [4.69, 9.17) is 15.5 Å². The number of hydroxylamine groups is 1. The summed E-state index contributed by atoms with van der Waals surface area (Å²) >= 11 is 4.36. The van der Waals surface area contributed by atoms with Crippen molar-refractivity contribution in [2.75, 3.05) is 18.8 Å². The lowest BCUT2D eigenvalue weighted by Crippen LogP contribution is -2.34. The van der Waals surface area contributed by atoms with Gasteiger partial charge in [-0.05, 0) is 51.4 Å². The van der Waals surface area contributed by atoms with Crippen molar-refractivity contribution in [1.29, 1.82) is 0 Å². The molecule has 1 aromatic carbocycles. The Hall–Kier alpha value is -2.22. The first-order valence-corrected chi connectivity index (χ1v) is 9.80. The summed E-state index contributed by atoms with van der Waals surface area (Å²) in [4.78, 5) is 8.15. The summed E-state index contributed by atoms with van der Waals surface area (Å²) in [7, 11) is 0. The Labute approximate surface area is 172 Å². The summed E-state index contributed by atoms with van der Waals surface area (Å²) in [6, 6.07) is 4.13. The monoisotopic (exact) mass is 475 g/mol. The van der Waals surface area contributed by atoms with E-state index < -0.39 is 11.9 Å². The zero-order valence-corrected chi connectivity index (χ0v) is 17.2. The lowest BCUT2D eigenvalue weighted by atomic mass is 10.3. The second-order valence-electron chi connectivity index (χ2n) is 5.44. The van der Waals surface area contributed by atoms with Crippen LogP contribution in [0.3, 0.4) is 0 Å². The smallest absolute Gasteiger partial charge is 0.188 e. The molecule has 1 aromatic heterocycles. The van der Waals surface area contributed by atoms with Crippen molar-refractivity contribution in [3.05, 3.63) is 34.2 Å². The van der Waals surface area contributed by atoms with Crippen molar-refractivity contribution in [1.82, 2.24) is 21.1 Å². The molecule has 0 amide bonds. The van der Waals surface area contributed by atoms with Gasteiger partial charge in [0.15, 0.2) is 22.5 Å². The van der Waals surface area contributed by atoms with Crippen LogP contribution in [0.2, 0.25) is 0 Å². The number of rotatable bonds is 8. The summed E-state index contributed by atoms with van der Waals surface area (Å²) in [5.74, 6) is 0.322. The van der Waals surface area contributed by atoms with Gasteiger partial charge >= 0.3 is 0 Å². The van der Waals surface area contributed by atoms with Crippen LogP contribution in [-0.2, 0) is 0 Å². The first-order chi connectivity index (χ1) is 13.4. The molecule has 1 atom stereocenters. The molecular weight excluding hydrogens is 457 g/mol. The van der Waals surface area contributed by atoms with Gasteiger partial charge in [0.1, 0.15) is 5.82 Å². The van der Waals surface area contributed by atoms with Crippen LogP contribution in [0.25, 0.3) is 0 Å². The van der Waals surface area contributed by atoms with E-state index in [1.165, 1.54) is 30.0 Å². The number of nitrogens with one attached hydrogen (secondary N) is 2. The number of nitrogens with zero attached hydrogens (tertiary/aromatic N) is 4. The van der Waals surface area contributed by atoms with E-state index in [1.807, 2.05) is 5.48 Å². The Morgan fingerprint density at radius 1 is 1.46 bits per heavy atom.